The number of H-pyrrole nitrogens is 1. The molecule has 0 spiro atoms. The number of fused-ring (bicyclic) bond motifs is 1. The summed E-state index contributed by atoms with van der Waals surface area (Å²) in [6, 6.07) is 4.16. The van der Waals surface area contributed by atoms with Crippen molar-refractivity contribution in [1.29, 1.82) is 0 Å². The molecule has 1 unspecified atom stereocenters. The molecule has 1 atom stereocenters. The molecule has 2 saturated heterocycles. The van der Waals surface area contributed by atoms with E-state index in [0.29, 0.717) is 18.2 Å². The molecule has 0 aromatic carbocycles. The van der Waals surface area contributed by atoms with Crippen LogP contribution in [-0.2, 0) is 4.79 Å². The molecule has 4 rings (SSSR count). The second-order valence-electron chi connectivity index (χ2n) is 7.73. The molecule has 0 radical (unpaired) electrons. The summed E-state index contributed by atoms with van der Waals surface area (Å²) in [4.78, 5) is 22.0. The molecule has 2 aliphatic heterocycles. The van der Waals surface area contributed by atoms with Crippen LogP contribution in [0.2, 0.25) is 0 Å². The molecule has 2 fully saturated rings. The number of carbonyl (C=O) groups is 1. The van der Waals surface area contributed by atoms with Crippen molar-refractivity contribution in [3.8, 4) is 0 Å². The Morgan fingerprint density at radius 3 is 2.81 bits per heavy atom. The normalized spacial score (nSPS) is 22.5. The van der Waals surface area contributed by atoms with Gasteiger partial charge in [0.15, 0.2) is 5.65 Å². The van der Waals surface area contributed by atoms with Gasteiger partial charge in [-0.25, -0.2) is 4.98 Å². The molecule has 0 bridgehead atoms. The molecule has 0 saturated carbocycles. The van der Waals surface area contributed by atoms with Crippen LogP contribution in [0.5, 0.6) is 0 Å². The van der Waals surface area contributed by atoms with Crippen LogP contribution in [0.25, 0.3) is 11.0 Å². The molecule has 26 heavy (non-hydrogen) atoms. The van der Waals surface area contributed by atoms with Gasteiger partial charge >= 0.3 is 0 Å². The number of hydrogen-bond donors (Lipinski definition) is 1. The Bertz CT molecular complexity index is 735. The molecule has 2 aromatic heterocycles. The lowest BCUT2D eigenvalue weighted by molar-refractivity contribution is -0.132. The Kier molecular flexibility index (Phi) is 5.48. The lowest BCUT2D eigenvalue weighted by Gasteiger charge is -2.33. The minimum atomic E-state index is 0.307. The molecule has 6 heteroatoms. The van der Waals surface area contributed by atoms with E-state index in [4.69, 9.17) is 4.98 Å². The molecule has 6 nitrogen and oxygen atoms in total. The Hall–Kier alpha value is -1.95. The first kappa shape index (κ1) is 17.5. The lowest BCUT2D eigenvalue weighted by atomic mass is 9.94. The summed E-state index contributed by atoms with van der Waals surface area (Å²) >= 11 is 0. The van der Waals surface area contributed by atoms with Crippen molar-refractivity contribution in [3.63, 3.8) is 0 Å². The first-order chi connectivity index (χ1) is 12.8. The highest BCUT2D eigenvalue weighted by molar-refractivity contribution is 5.76. The van der Waals surface area contributed by atoms with Crippen molar-refractivity contribution in [1.82, 2.24) is 25.0 Å². The smallest absolute Gasteiger partial charge is 0.223 e. The minimum Gasteiger partial charge on any atom is -0.342 e. The van der Waals surface area contributed by atoms with Gasteiger partial charge in [-0.2, -0.15) is 5.10 Å². The zero-order chi connectivity index (χ0) is 17.8. The summed E-state index contributed by atoms with van der Waals surface area (Å²) in [5.41, 5.74) is 1.92. The zero-order valence-electron chi connectivity index (χ0n) is 15.5. The molecule has 140 valence electrons. The van der Waals surface area contributed by atoms with Crippen molar-refractivity contribution in [2.75, 3.05) is 32.7 Å². The van der Waals surface area contributed by atoms with Crippen LogP contribution in [0, 0.1) is 0 Å². The molecule has 1 N–H and O–H groups in total. The molecule has 1 amide bonds. The maximum Gasteiger partial charge on any atom is 0.223 e. The fourth-order valence-corrected chi connectivity index (χ4v) is 4.29. The van der Waals surface area contributed by atoms with Gasteiger partial charge in [-0.1, -0.05) is 12.8 Å². The number of amides is 1. The highest BCUT2D eigenvalue weighted by atomic mass is 16.2. The second-order valence-corrected chi connectivity index (χ2v) is 7.73. The van der Waals surface area contributed by atoms with Crippen LogP contribution in [-0.4, -0.2) is 63.6 Å². The number of pyridine rings is 1. The van der Waals surface area contributed by atoms with Crippen LogP contribution in [0.3, 0.4) is 0 Å². The van der Waals surface area contributed by atoms with Gasteiger partial charge in [0.2, 0.25) is 5.91 Å². The van der Waals surface area contributed by atoms with Gasteiger partial charge in [-0.15, -0.1) is 0 Å². The lowest BCUT2D eigenvalue weighted by Crippen LogP contribution is -2.41. The standard InChI is InChI=1S/C20H29N5O/c26-19(9-13-24-10-3-1-2-4-11-24)25-12-5-6-17(15-25)18-8-7-16-14-21-23-20(16)22-18/h7-8,14,17H,1-6,9-13,15H2,(H,21,22,23). The van der Waals surface area contributed by atoms with Gasteiger partial charge in [0.25, 0.3) is 0 Å². The maximum atomic E-state index is 12.7. The second kappa shape index (κ2) is 8.16. The van der Waals surface area contributed by atoms with Gasteiger partial charge in [-0.05, 0) is 50.9 Å². The molecule has 4 heterocycles. The summed E-state index contributed by atoms with van der Waals surface area (Å²) < 4.78 is 0. The highest BCUT2D eigenvalue weighted by Gasteiger charge is 2.26. The van der Waals surface area contributed by atoms with E-state index in [9.17, 15) is 4.79 Å². The topological polar surface area (TPSA) is 65.1 Å². The molecule has 2 aromatic rings. The van der Waals surface area contributed by atoms with Crippen molar-refractivity contribution in [2.24, 2.45) is 0 Å². The first-order valence-corrected chi connectivity index (χ1v) is 10.1. The number of aromatic nitrogens is 3. The number of nitrogens with one attached hydrogen (secondary N) is 1. The fraction of sp³-hybridized carbons (Fsp3) is 0.650. The van der Waals surface area contributed by atoms with E-state index < -0.39 is 0 Å². The van der Waals surface area contributed by atoms with Gasteiger partial charge in [0, 0.05) is 43.1 Å². The minimum absolute atomic E-state index is 0.307. The van der Waals surface area contributed by atoms with Crippen LogP contribution in [0.4, 0.5) is 0 Å². The van der Waals surface area contributed by atoms with Gasteiger partial charge < -0.3 is 9.80 Å². The molecule has 0 aliphatic carbocycles. The van der Waals surface area contributed by atoms with Gasteiger partial charge in [0.1, 0.15) is 0 Å². The summed E-state index contributed by atoms with van der Waals surface area (Å²) in [6.07, 6.45) is 9.85. The Balaban J connectivity index is 1.34. The molecule has 2 aliphatic rings. The number of hydrogen-bond acceptors (Lipinski definition) is 4. The number of likely N-dealkylation sites (tertiary alicyclic amines) is 2. The Morgan fingerprint density at radius 2 is 1.96 bits per heavy atom. The maximum absolute atomic E-state index is 12.7. The average Bonchev–Trinajstić information content (AvgIpc) is 3.00. The predicted octanol–water partition coefficient (Wildman–Crippen LogP) is 2.93. The highest BCUT2D eigenvalue weighted by Crippen LogP contribution is 2.27. The van der Waals surface area contributed by atoms with Crippen LogP contribution in [0.15, 0.2) is 18.3 Å². The number of carbonyl (C=O) groups excluding carboxylic acids is 1. The van der Waals surface area contributed by atoms with E-state index in [-0.39, 0.29) is 0 Å². The largest absolute Gasteiger partial charge is 0.342 e. The predicted molar refractivity (Wildman–Crippen MR) is 102 cm³/mol. The van der Waals surface area contributed by atoms with Crippen molar-refractivity contribution in [3.05, 3.63) is 24.0 Å². The summed E-state index contributed by atoms with van der Waals surface area (Å²) in [5, 5.41) is 8.03. The molecular weight excluding hydrogens is 326 g/mol. The Morgan fingerprint density at radius 1 is 1.12 bits per heavy atom. The van der Waals surface area contributed by atoms with E-state index >= 15 is 0 Å². The number of aromatic amines is 1. The Labute approximate surface area is 155 Å². The fourth-order valence-electron chi connectivity index (χ4n) is 4.29. The zero-order valence-corrected chi connectivity index (χ0v) is 15.5. The van der Waals surface area contributed by atoms with Crippen LogP contribution < -0.4 is 0 Å². The SMILES string of the molecule is O=C(CCN1CCCCCC1)N1CCCC(c2ccc3cn[nH]c3n2)C1. The number of piperidine rings is 1. The van der Waals surface area contributed by atoms with E-state index in [1.54, 1.807) is 6.20 Å². The molecular formula is C20H29N5O. The van der Waals surface area contributed by atoms with Gasteiger partial charge in [0.05, 0.1) is 6.20 Å². The van der Waals surface area contributed by atoms with Crippen molar-refractivity contribution < 1.29 is 4.79 Å². The summed E-state index contributed by atoms with van der Waals surface area (Å²) in [7, 11) is 0. The van der Waals surface area contributed by atoms with Gasteiger partial charge in [-0.3, -0.25) is 9.89 Å². The third kappa shape index (κ3) is 4.06. The number of nitrogens with zero attached hydrogens (tertiary/aromatic N) is 4. The van der Waals surface area contributed by atoms with E-state index in [1.165, 1.54) is 25.7 Å². The van der Waals surface area contributed by atoms with Crippen molar-refractivity contribution >= 4 is 16.9 Å². The quantitative estimate of drug-likeness (QED) is 0.916. The van der Waals surface area contributed by atoms with E-state index in [0.717, 1.165) is 62.3 Å². The van der Waals surface area contributed by atoms with Crippen LogP contribution >= 0.6 is 0 Å². The average molecular weight is 355 g/mol. The third-order valence-corrected chi connectivity index (χ3v) is 5.86. The summed E-state index contributed by atoms with van der Waals surface area (Å²) in [5.74, 6) is 0.639. The third-order valence-electron chi connectivity index (χ3n) is 5.86. The van der Waals surface area contributed by atoms with Crippen LogP contribution in [0.1, 0.15) is 56.6 Å². The monoisotopic (exact) mass is 355 g/mol. The first-order valence-electron chi connectivity index (χ1n) is 10.1. The van der Waals surface area contributed by atoms with Crippen molar-refractivity contribution in [2.45, 2.75) is 50.9 Å². The number of rotatable bonds is 4. The van der Waals surface area contributed by atoms with E-state index in [1.807, 2.05) is 0 Å². The van der Waals surface area contributed by atoms with E-state index in [2.05, 4.69) is 32.1 Å². The summed E-state index contributed by atoms with van der Waals surface area (Å²) in [6.45, 7) is 4.92.